The fourth-order valence-corrected chi connectivity index (χ4v) is 3.88. The number of allylic oxidation sites excluding steroid dienone is 1. The van der Waals surface area contributed by atoms with Crippen molar-refractivity contribution < 1.29 is 4.79 Å². The molecule has 0 saturated carbocycles. The number of fused-ring (bicyclic) bond motifs is 1. The molecule has 1 saturated heterocycles. The first kappa shape index (κ1) is 16.5. The summed E-state index contributed by atoms with van der Waals surface area (Å²) in [4.78, 5) is 28.3. The van der Waals surface area contributed by atoms with E-state index < -0.39 is 0 Å². The molecule has 0 atom stereocenters. The number of nitrogens with zero attached hydrogens (tertiary/aromatic N) is 5. The number of hydrogen-bond acceptors (Lipinski definition) is 5. The van der Waals surface area contributed by atoms with Gasteiger partial charge in [0.2, 0.25) is 5.95 Å². The predicted molar refractivity (Wildman–Crippen MR) is 97.7 cm³/mol. The van der Waals surface area contributed by atoms with Gasteiger partial charge in [0.05, 0.1) is 17.8 Å². The number of likely N-dealkylation sites (N-methyl/N-ethyl adjacent to an activating group) is 1. The highest BCUT2D eigenvalue weighted by atomic mass is 16.2. The fraction of sp³-hybridized carbons (Fsp3) is 0.632. The van der Waals surface area contributed by atoms with Crippen molar-refractivity contribution in [2.75, 3.05) is 44.7 Å². The molecule has 0 bridgehead atoms. The second kappa shape index (κ2) is 7.12. The molecular weight excluding hydrogens is 314 g/mol. The van der Waals surface area contributed by atoms with Gasteiger partial charge in [0.15, 0.2) is 0 Å². The smallest absolute Gasteiger partial charge is 0.257 e. The van der Waals surface area contributed by atoms with Crippen LogP contribution in [0.15, 0.2) is 17.8 Å². The van der Waals surface area contributed by atoms with Crippen molar-refractivity contribution in [3.05, 3.63) is 29.1 Å². The highest BCUT2D eigenvalue weighted by molar-refractivity contribution is 5.97. The van der Waals surface area contributed by atoms with E-state index in [1.54, 1.807) is 6.20 Å². The van der Waals surface area contributed by atoms with Crippen molar-refractivity contribution in [1.29, 1.82) is 0 Å². The molecule has 0 N–H and O–H groups in total. The molecule has 0 unspecified atom stereocenters. The summed E-state index contributed by atoms with van der Waals surface area (Å²) in [6, 6.07) is 0. The minimum absolute atomic E-state index is 0.0938. The van der Waals surface area contributed by atoms with E-state index in [-0.39, 0.29) is 5.91 Å². The van der Waals surface area contributed by atoms with Crippen molar-refractivity contribution in [1.82, 2.24) is 19.8 Å². The normalized spacial score (nSPS) is 21.5. The van der Waals surface area contributed by atoms with E-state index >= 15 is 0 Å². The van der Waals surface area contributed by atoms with Gasteiger partial charge in [-0.05, 0) is 39.2 Å². The summed E-state index contributed by atoms with van der Waals surface area (Å²) in [5.41, 5.74) is 3.10. The number of anilines is 1. The Morgan fingerprint density at radius 3 is 2.76 bits per heavy atom. The molecule has 25 heavy (non-hydrogen) atoms. The minimum atomic E-state index is 0.0938. The van der Waals surface area contributed by atoms with Gasteiger partial charge < -0.3 is 14.7 Å². The lowest BCUT2D eigenvalue weighted by Gasteiger charge is -2.32. The molecule has 134 valence electrons. The van der Waals surface area contributed by atoms with Gasteiger partial charge in [0.1, 0.15) is 0 Å². The quantitative estimate of drug-likeness (QED) is 0.785. The Kier molecular flexibility index (Phi) is 4.70. The Morgan fingerprint density at radius 1 is 1.16 bits per heavy atom. The Balaban J connectivity index is 1.41. The van der Waals surface area contributed by atoms with Gasteiger partial charge in [-0.1, -0.05) is 11.6 Å². The minimum Gasteiger partial charge on any atom is -0.338 e. The molecule has 6 heteroatoms. The molecule has 4 rings (SSSR count). The van der Waals surface area contributed by atoms with Crippen LogP contribution in [-0.4, -0.2) is 65.4 Å². The highest BCUT2D eigenvalue weighted by Gasteiger charge is 2.30. The third-order valence-corrected chi connectivity index (χ3v) is 5.59. The van der Waals surface area contributed by atoms with Crippen LogP contribution in [0, 0.1) is 0 Å². The molecule has 3 aliphatic rings. The first-order valence-electron chi connectivity index (χ1n) is 9.47. The average molecular weight is 341 g/mol. The van der Waals surface area contributed by atoms with Crippen LogP contribution in [0.1, 0.15) is 48.2 Å². The molecule has 1 aromatic rings. The van der Waals surface area contributed by atoms with Gasteiger partial charge in [0, 0.05) is 38.9 Å². The first-order valence-corrected chi connectivity index (χ1v) is 9.47. The topological polar surface area (TPSA) is 52.6 Å². The second-order valence-corrected chi connectivity index (χ2v) is 7.41. The van der Waals surface area contributed by atoms with Gasteiger partial charge in [-0.3, -0.25) is 4.79 Å². The third kappa shape index (κ3) is 3.54. The number of carbonyl (C=O) groups excluding carboxylic acids is 1. The lowest BCUT2D eigenvalue weighted by Crippen LogP contribution is -2.45. The number of amides is 1. The molecule has 1 fully saturated rings. The van der Waals surface area contributed by atoms with Crippen molar-refractivity contribution in [2.45, 2.75) is 38.6 Å². The standard InChI is InChI=1S/C19H27N5O/c1-22-9-11-23(12-10-22)19-20-13-16-17(21-19)14-24(18(16)25)8-7-15-5-3-2-4-6-15/h5,13H,2-4,6-12,14H2,1H3. The Labute approximate surface area is 149 Å². The van der Waals surface area contributed by atoms with Crippen LogP contribution in [0.3, 0.4) is 0 Å². The summed E-state index contributed by atoms with van der Waals surface area (Å²) >= 11 is 0. The maximum Gasteiger partial charge on any atom is 0.257 e. The average Bonchev–Trinajstić information content (AvgIpc) is 2.97. The van der Waals surface area contributed by atoms with Gasteiger partial charge >= 0.3 is 0 Å². The summed E-state index contributed by atoms with van der Waals surface area (Å²) in [5, 5.41) is 0. The molecule has 1 amide bonds. The number of aromatic nitrogens is 2. The zero-order valence-corrected chi connectivity index (χ0v) is 15.1. The number of carbonyl (C=O) groups is 1. The van der Waals surface area contributed by atoms with Crippen LogP contribution in [0.25, 0.3) is 0 Å². The molecule has 1 aromatic heterocycles. The second-order valence-electron chi connectivity index (χ2n) is 7.41. The van der Waals surface area contributed by atoms with E-state index in [1.165, 1.54) is 31.3 Å². The highest BCUT2D eigenvalue weighted by Crippen LogP contribution is 2.25. The Hall–Kier alpha value is -1.95. The zero-order chi connectivity index (χ0) is 17.2. The summed E-state index contributed by atoms with van der Waals surface area (Å²) in [5.74, 6) is 0.868. The molecule has 0 radical (unpaired) electrons. The third-order valence-electron chi connectivity index (χ3n) is 5.59. The van der Waals surface area contributed by atoms with Gasteiger partial charge in [-0.25, -0.2) is 9.97 Å². The van der Waals surface area contributed by atoms with Crippen LogP contribution < -0.4 is 4.90 Å². The molecule has 1 aliphatic carbocycles. The Bertz CT molecular complexity index is 678. The molecule has 0 spiro atoms. The van der Waals surface area contributed by atoms with Crippen LogP contribution in [-0.2, 0) is 6.54 Å². The molecular formula is C19H27N5O. The van der Waals surface area contributed by atoms with Gasteiger partial charge in [-0.2, -0.15) is 0 Å². The lowest BCUT2D eigenvalue weighted by molar-refractivity contribution is 0.0779. The summed E-state index contributed by atoms with van der Waals surface area (Å²) in [7, 11) is 2.14. The van der Waals surface area contributed by atoms with Crippen molar-refractivity contribution >= 4 is 11.9 Å². The van der Waals surface area contributed by atoms with Crippen LogP contribution in [0.4, 0.5) is 5.95 Å². The fourth-order valence-electron chi connectivity index (χ4n) is 3.88. The summed E-state index contributed by atoms with van der Waals surface area (Å²) < 4.78 is 0. The summed E-state index contributed by atoms with van der Waals surface area (Å²) in [6.45, 7) is 5.37. The zero-order valence-electron chi connectivity index (χ0n) is 15.1. The van der Waals surface area contributed by atoms with Gasteiger partial charge in [0.25, 0.3) is 5.91 Å². The van der Waals surface area contributed by atoms with Crippen LogP contribution in [0.5, 0.6) is 0 Å². The molecule has 2 aliphatic heterocycles. The molecule has 6 nitrogen and oxygen atoms in total. The van der Waals surface area contributed by atoms with Crippen molar-refractivity contribution in [2.24, 2.45) is 0 Å². The van der Waals surface area contributed by atoms with E-state index in [4.69, 9.17) is 4.98 Å². The van der Waals surface area contributed by atoms with E-state index in [9.17, 15) is 4.79 Å². The van der Waals surface area contributed by atoms with E-state index in [2.05, 4.69) is 27.9 Å². The lowest BCUT2D eigenvalue weighted by atomic mass is 9.97. The number of piperazine rings is 1. The predicted octanol–water partition coefficient (Wildman–Crippen LogP) is 2.07. The van der Waals surface area contributed by atoms with Crippen molar-refractivity contribution in [3.63, 3.8) is 0 Å². The number of rotatable bonds is 4. The molecule has 0 aromatic carbocycles. The van der Waals surface area contributed by atoms with Crippen molar-refractivity contribution in [3.8, 4) is 0 Å². The van der Waals surface area contributed by atoms with E-state index in [0.717, 1.165) is 50.8 Å². The first-order chi connectivity index (χ1) is 12.2. The number of hydrogen-bond donors (Lipinski definition) is 0. The van der Waals surface area contributed by atoms with Crippen LogP contribution >= 0.6 is 0 Å². The monoisotopic (exact) mass is 341 g/mol. The Morgan fingerprint density at radius 2 is 2.00 bits per heavy atom. The van der Waals surface area contributed by atoms with Gasteiger partial charge in [-0.15, -0.1) is 0 Å². The van der Waals surface area contributed by atoms with Crippen LogP contribution in [0.2, 0.25) is 0 Å². The maximum atomic E-state index is 12.6. The maximum absolute atomic E-state index is 12.6. The molecule has 3 heterocycles. The SMILES string of the molecule is CN1CCN(c2ncc3c(n2)CN(CCC2=CCCCC2)C3=O)CC1. The largest absolute Gasteiger partial charge is 0.338 e. The summed E-state index contributed by atoms with van der Waals surface area (Å²) in [6.07, 6.45) is 10.1. The van der Waals surface area contributed by atoms with E-state index in [1.807, 2.05) is 4.90 Å². The van der Waals surface area contributed by atoms with E-state index in [0.29, 0.717) is 12.1 Å².